The van der Waals surface area contributed by atoms with Gasteiger partial charge in [-0.3, -0.25) is 14.4 Å². The summed E-state index contributed by atoms with van der Waals surface area (Å²) in [4.78, 5) is 38.9. The topological polar surface area (TPSA) is 78.5 Å². The van der Waals surface area contributed by atoms with E-state index in [9.17, 15) is 14.4 Å². The van der Waals surface area contributed by atoms with Crippen LogP contribution in [0.15, 0.2) is 77.5 Å². The fourth-order valence-electron chi connectivity index (χ4n) is 3.23. The number of anilines is 3. The predicted molar refractivity (Wildman–Crippen MR) is 131 cm³/mol. The van der Waals surface area contributed by atoms with E-state index < -0.39 is 11.8 Å². The molecule has 3 amide bonds. The minimum atomic E-state index is -0.684. The Morgan fingerprint density at radius 1 is 0.848 bits per heavy atom. The molecule has 2 N–H and O–H groups in total. The molecule has 33 heavy (non-hydrogen) atoms. The van der Waals surface area contributed by atoms with Crippen LogP contribution in [0.5, 0.6) is 0 Å². The van der Waals surface area contributed by atoms with E-state index in [1.165, 1.54) is 18.2 Å². The number of benzene rings is 3. The lowest BCUT2D eigenvalue weighted by molar-refractivity contribution is -0.120. The molecule has 166 valence electrons. The lowest BCUT2D eigenvalue weighted by atomic mass is 10.1. The van der Waals surface area contributed by atoms with Crippen molar-refractivity contribution in [2.75, 3.05) is 15.5 Å². The third-order valence-corrected chi connectivity index (χ3v) is 6.09. The normalized spacial score (nSPS) is 13.5. The molecule has 6 nitrogen and oxygen atoms in total. The third kappa shape index (κ3) is 4.59. The maximum absolute atomic E-state index is 12.9. The highest BCUT2D eigenvalue weighted by Crippen LogP contribution is 2.33. The average molecular weight is 501 g/mol. The Balaban J connectivity index is 1.50. The smallest absolute Gasteiger partial charge is 0.283 e. The van der Waals surface area contributed by atoms with Gasteiger partial charge in [-0.2, -0.15) is 0 Å². The van der Waals surface area contributed by atoms with Gasteiger partial charge in [0.1, 0.15) is 10.7 Å². The maximum atomic E-state index is 12.9. The summed E-state index contributed by atoms with van der Waals surface area (Å²) in [5, 5.41) is 5.96. The maximum Gasteiger partial charge on any atom is 0.283 e. The van der Waals surface area contributed by atoms with Gasteiger partial charge >= 0.3 is 0 Å². The number of rotatable bonds is 5. The number of hydrogen-bond donors (Lipinski definition) is 2. The molecule has 1 aliphatic heterocycles. The van der Waals surface area contributed by atoms with E-state index in [0.29, 0.717) is 16.3 Å². The summed E-state index contributed by atoms with van der Waals surface area (Å²) >= 11 is 18.1. The van der Waals surface area contributed by atoms with E-state index in [1.54, 1.807) is 24.3 Å². The van der Waals surface area contributed by atoms with Crippen LogP contribution in [-0.4, -0.2) is 17.7 Å². The van der Waals surface area contributed by atoms with Gasteiger partial charge in [0.15, 0.2) is 0 Å². The van der Waals surface area contributed by atoms with E-state index in [-0.39, 0.29) is 27.3 Å². The number of halogens is 3. The molecule has 0 aliphatic carbocycles. The first-order chi connectivity index (χ1) is 15.8. The second-order valence-electron chi connectivity index (χ2n) is 7.20. The number of nitrogens with zero attached hydrogens (tertiary/aromatic N) is 1. The van der Waals surface area contributed by atoms with Gasteiger partial charge in [-0.25, -0.2) is 4.90 Å². The minimum absolute atomic E-state index is 0.0788. The largest absolute Gasteiger partial charge is 0.350 e. The van der Waals surface area contributed by atoms with Gasteiger partial charge < -0.3 is 10.6 Å². The minimum Gasteiger partial charge on any atom is -0.350 e. The molecular formula is C24H16Cl3N3O3. The summed E-state index contributed by atoms with van der Waals surface area (Å²) in [5.41, 5.74) is 2.74. The SMILES string of the molecule is Cc1ccccc1NC(=O)c1ccc(NC2=C(Cl)C(=O)N(c3ccc(Cl)c(Cl)c3)C2=O)cc1. The number of para-hydroxylation sites is 1. The highest BCUT2D eigenvalue weighted by molar-refractivity contribution is 6.53. The first kappa shape index (κ1) is 22.9. The standard InChI is InChI=1S/C24H16Cl3N3O3/c1-13-4-2-3-5-19(13)29-22(31)14-6-8-15(9-7-14)28-21-20(27)23(32)30(24(21)33)16-10-11-17(25)18(26)12-16/h2-12,28H,1H3,(H,29,31). The number of nitrogens with one attached hydrogen (secondary N) is 2. The molecule has 0 aromatic heterocycles. The lowest BCUT2D eigenvalue weighted by Crippen LogP contribution is -2.32. The molecule has 0 spiro atoms. The van der Waals surface area contributed by atoms with Crippen molar-refractivity contribution in [1.82, 2.24) is 0 Å². The van der Waals surface area contributed by atoms with Gasteiger partial charge in [0.2, 0.25) is 0 Å². The molecule has 0 unspecified atom stereocenters. The highest BCUT2D eigenvalue weighted by atomic mass is 35.5. The Bertz CT molecular complexity index is 1320. The average Bonchev–Trinajstić information content (AvgIpc) is 3.01. The van der Waals surface area contributed by atoms with Crippen molar-refractivity contribution in [3.8, 4) is 0 Å². The van der Waals surface area contributed by atoms with E-state index in [1.807, 2.05) is 31.2 Å². The van der Waals surface area contributed by atoms with Gasteiger partial charge in [-0.1, -0.05) is 53.0 Å². The second-order valence-corrected chi connectivity index (χ2v) is 8.40. The molecule has 0 radical (unpaired) electrons. The second kappa shape index (κ2) is 9.27. The molecule has 0 atom stereocenters. The molecule has 1 heterocycles. The van der Waals surface area contributed by atoms with Gasteiger partial charge in [-0.05, 0) is 61.0 Å². The van der Waals surface area contributed by atoms with Crippen molar-refractivity contribution in [2.24, 2.45) is 0 Å². The number of amides is 3. The lowest BCUT2D eigenvalue weighted by Gasteiger charge is -2.15. The van der Waals surface area contributed by atoms with Crippen molar-refractivity contribution in [3.05, 3.63) is 98.6 Å². The van der Waals surface area contributed by atoms with Gasteiger partial charge in [0.05, 0.1) is 15.7 Å². The van der Waals surface area contributed by atoms with Crippen LogP contribution in [0.25, 0.3) is 0 Å². The van der Waals surface area contributed by atoms with Crippen LogP contribution in [-0.2, 0) is 9.59 Å². The van der Waals surface area contributed by atoms with E-state index in [4.69, 9.17) is 34.8 Å². The zero-order valence-corrected chi connectivity index (χ0v) is 19.4. The molecule has 4 rings (SSSR count). The zero-order valence-electron chi connectivity index (χ0n) is 17.2. The number of imide groups is 1. The van der Waals surface area contributed by atoms with Crippen LogP contribution in [0.4, 0.5) is 17.1 Å². The van der Waals surface area contributed by atoms with Crippen LogP contribution < -0.4 is 15.5 Å². The zero-order chi connectivity index (χ0) is 23.7. The first-order valence-corrected chi connectivity index (χ1v) is 10.9. The fraction of sp³-hybridized carbons (Fsp3) is 0.0417. The van der Waals surface area contributed by atoms with E-state index in [0.717, 1.165) is 16.2 Å². The van der Waals surface area contributed by atoms with Crippen molar-refractivity contribution in [3.63, 3.8) is 0 Å². The van der Waals surface area contributed by atoms with Gasteiger partial charge in [0.25, 0.3) is 17.7 Å². The first-order valence-electron chi connectivity index (χ1n) is 9.74. The molecule has 0 bridgehead atoms. The molecule has 3 aromatic rings. The van der Waals surface area contributed by atoms with Gasteiger partial charge in [-0.15, -0.1) is 0 Å². The Kier molecular flexibility index (Phi) is 6.42. The number of carbonyl (C=O) groups is 3. The van der Waals surface area contributed by atoms with Crippen LogP contribution in [0.1, 0.15) is 15.9 Å². The van der Waals surface area contributed by atoms with E-state index >= 15 is 0 Å². The summed E-state index contributed by atoms with van der Waals surface area (Å²) in [7, 11) is 0. The fourth-order valence-corrected chi connectivity index (χ4v) is 3.73. The molecular weight excluding hydrogens is 485 g/mol. The molecule has 0 fully saturated rings. The molecule has 0 saturated heterocycles. The highest BCUT2D eigenvalue weighted by Gasteiger charge is 2.39. The van der Waals surface area contributed by atoms with Crippen LogP contribution in [0.3, 0.4) is 0 Å². The Labute approximate surface area is 204 Å². The number of aryl methyl sites for hydroxylation is 1. The Morgan fingerprint density at radius 2 is 1.55 bits per heavy atom. The molecule has 0 saturated carbocycles. The monoisotopic (exact) mass is 499 g/mol. The van der Waals surface area contributed by atoms with E-state index in [2.05, 4.69) is 10.6 Å². The Hall–Kier alpha value is -3.32. The van der Waals surface area contributed by atoms with Crippen molar-refractivity contribution in [1.29, 1.82) is 0 Å². The predicted octanol–water partition coefficient (Wildman–Crippen LogP) is 5.99. The van der Waals surface area contributed by atoms with Crippen molar-refractivity contribution < 1.29 is 14.4 Å². The quantitative estimate of drug-likeness (QED) is 0.422. The number of carbonyl (C=O) groups excluding carboxylic acids is 3. The van der Waals surface area contributed by atoms with Crippen molar-refractivity contribution >= 4 is 69.6 Å². The van der Waals surface area contributed by atoms with Crippen LogP contribution >= 0.6 is 34.8 Å². The molecule has 9 heteroatoms. The Morgan fingerprint density at radius 3 is 2.21 bits per heavy atom. The summed E-state index contributed by atoms with van der Waals surface area (Å²) in [6.45, 7) is 1.90. The number of hydrogen-bond acceptors (Lipinski definition) is 4. The summed E-state index contributed by atoms with van der Waals surface area (Å²) in [5.74, 6) is -1.59. The summed E-state index contributed by atoms with van der Waals surface area (Å²) < 4.78 is 0. The van der Waals surface area contributed by atoms with Crippen LogP contribution in [0, 0.1) is 6.92 Å². The molecule has 1 aliphatic rings. The summed E-state index contributed by atoms with van der Waals surface area (Å²) in [6.07, 6.45) is 0. The molecule has 3 aromatic carbocycles. The third-order valence-electron chi connectivity index (χ3n) is 5.00. The van der Waals surface area contributed by atoms with Crippen molar-refractivity contribution in [2.45, 2.75) is 6.92 Å². The summed E-state index contributed by atoms with van der Waals surface area (Å²) in [6, 6.07) is 18.3. The van der Waals surface area contributed by atoms with Crippen LogP contribution in [0.2, 0.25) is 10.0 Å². The van der Waals surface area contributed by atoms with Gasteiger partial charge in [0, 0.05) is 16.9 Å².